The quantitative estimate of drug-likeness (QED) is 0.786. The van der Waals surface area contributed by atoms with Crippen molar-refractivity contribution in [1.29, 1.82) is 5.53 Å². The lowest BCUT2D eigenvalue weighted by molar-refractivity contribution is 1.10. The molecule has 0 aliphatic carbocycles. The summed E-state index contributed by atoms with van der Waals surface area (Å²) in [6.07, 6.45) is 1.38. The minimum Gasteiger partial charge on any atom is -0.338 e. The summed E-state index contributed by atoms with van der Waals surface area (Å²) < 4.78 is 0. The maximum Gasteiger partial charge on any atom is 0.151 e. The lowest BCUT2D eigenvalue weighted by Crippen LogP contribution is -2.15. The Balaban J connectivity index is 2.19. The van der Waals surface area contributed by atoms with Crippen molar-refractivity contribution in [1.82, 2.24) is 0 Å². The molecule has 4 nitrogen and oxygen atoms in total. The maximum atomic E-state index is 6.95. The van der Waals surface area contributed by atoms with Crippen LogP contribution in [-0.2, 0) is 0 Å². The highest BCUT2D eigenvalue weighted by Crippen LogP contribution is 2.27. The molecule has 20 heavy (non-hydrogen) atoms. The predicted octanol–water partition coefficient (Wildman–Crippen LogP) is 4.43. The van der Waals surface area contributed by atoms with E-state index in [1.54, 1.807) is 0 Å². The number of para-hydroxylation sites is 1. The normalized spacial score (nSPS) is 15.2. The molecule has 2 N–H and O–H groups in total. The topological polar surface area (TPSA) is 60.6 Å². The van der Waals surface area contributed by atoms with E-state index in [-0.39, 0.29) is 0 Å². The second-order valence-electron chi connectivity index (χ2n) is 4.28. The third kappa shape index (κ3) is 2.33. The monoisotopic (exact) mass is 282 g/mol. The molecule has 0 unspecified atom stereocenters. The van der Waals surface area contributed by atoms with Crippen LogP contribution in [0.15, 0.2) is 70.7 Å². The van der Waals surface area contributed by atoms with Crippen molar-refractivity contribution in [2.24, 2.45) is 10.1 Å². The van der Waals surface area contributed by atoms with Crippen molar-refractivity contribution < 1.29 is 0 Å². The first kappa shape index (κ1) is 12.6. The lowest BCUT2D eigenvalue weighted by atomic mass is 9.99. The van der Waals surface area contributed by atoms with Crippen LogP contribution < -0.4 is 5.32 Å². The van der Waals surface area contributed by atoms with Gasteiger partial charge in [0.25, 0.3) is 0 Å². The molecule has 1 aliphatic rings. The van der Waals surface area contributed by atoms with E-state index in [0.717, 1.165) is 22.5 Å². The van der Waals surface area contributed by atoms with Crippen LogP contribution in [0.2, 0.25) is 5.02 Å². The molecule has 0 fully saturated rings. The molecular formula is C15H11ClN4. The standard InChI is InChI=1S/C15H11ClN4/c16-11-5-3-4-10(8-11)15-12-6-1-2-7-13(12)19-14(20-15)9-18-17/h1-9,17,19H/b14-9+,18-17?. The van der Waals surface area contributed by atoms with Gasteiger partial charge < -0.3 is 5.32 Å². The third-order valence-corrected chi connectivity index (χ3v) is 3.20. The maximum absolute atomic E-state index is 6.95. The number of aliphatic imine (C=N–C) groups is 1. The van der Waals surface area contributed by atoms with Gasteiger partial charge in [0.2, 0.25) is 0 Å². The summed E-state index contributed by atoms with van der Waals surface area (Å²) in [4.78, 5) is 4.52. The second kappa shape index (κ2) is 5.27. The highest BCUT2D eigenvalue weighted by molar-refractivity contribution is 6.31. The summed E-state index contributed by atoms with van der Waals surface area (Å²) in [5, 5.41) is 7.07. The van der Waals surface area contributed by atoms with Crippen molar-refractivity contribution in [2.75, 3.05) is 5.32 Å². The first-order valence-corrected chi connectivity index (χ1v) is 6.43. The Hall–Kier alpha value is -2.46. The van der Waals surface area contributed by atoms with Gasteiger partial charge >= 0.3 is 0 Å². The van der Waals surface area contributed by atoms with E-state index in [4.69, 9.17) is 17.1 Å². The third-order valence-electron chi connectivity index (χ3n) is 2.96. The highest BCUT2D eigenvalue weighted by Gasteiger charge is 2.17. The van der Waals surface area contributed by atoms with Crippen LogP contribution in [0.5, 0.6) is 0 Å². The Morgan fingerprint density at radius 1 is 1.15 bits per heavy atom. The van der Waals surface area contributed by atoms with Gasteiger partial charge in [0.1, 0.15) is 0 Å². The smallest absolute Gasteiger partial charge is 0.151 e. The molecule has 5 heteroatoms. The van der Waals surface area contributed by atoms with Crippen LogP contribution in [-0.4, -0.2) is 5.71 Å². The Kier molecular flexibility index (Phi) is 3.31. The van der Waals surface area contributed by atoms with Crippen molar-refractivity contribution in [3.63, 3.8) is 0 Å². The van der Waals surface area contributed by atoms with Crippen molar-refractivity contribution >= 4 is 23.0 Å². The Labute approximate surface area is 121 Å². The van der Waals surface area contributed by atoms with Gasteiger partial charge in [-0.15, -0.1) is 0 Å². The zero-order valence-electron chi connectivity index (χ0n) is 10.5. The van der Waals surface area contributed by atoms with Gasteiger partial charge in [-0.3, -0.25) is 0 Å². The highest BCUT2D eigenvalue weighted by atomic mass is 35.5. The molecule has 0 radical (unpaired) electrons. The van der Waals surface area contributed by atoms with Gasteiger partial charge in [0, 0.05) is 21.8 Å². The van der Waals surface area contributed by atoms with E-state index in [1.807, 2.05) is 48.5 Å². The molecule has 2 aromatic rings. The number of hydrogen-bond acceptors (Lipinski definition) is 4. The molecule has 0 bridgehead atoms. The SMILES string of the molecule is N=N/C=C1/N=C(c2cccc(Cl)c2)c2ccccc2N1. The summed E-state index contributed by atoms with van der Waals surface area (Å²) in [6.45, 7) is 0. The number of nitrogens with one attached hydrogen (secondary N) is 2. The van der Waals surface area contributed by atoms with Gasteiger partial charge in [0.15, 0.2) is 5.82 Å². The Bertz CT molecular complexity index is 734. The molecule has 0 amide bonds. The zero-order chi connectivity index (χ0) is 13.9. The van der Waals surface area contributed by atoms with Crippen molar-refractivity contribution in [3.05, 3.63) is 76.7 Å². The van der Waals surface area contributed by atoms with Crippen molar-refractivity contribution in [3.8, 4) is 0 Å². The van der Waals surface area contributed by atoms with E-state index >= 15 is 0 Å². The summed E-state index contributed by atoms with van der Waals surface area (Å²) in [7, 11) is 0. The van der Waals surface area contributed by atoms with Crippen LogP contribution in [0.1, 0.15) is 11.1 Å². The number of nitrogens with zero attached hydrogens (tertiary/aromatic N) is 2. The van der Waals surface area contributed by atoms with E-state index in [1.165, 1.54) is 6.20 Å². The van der Waals surface area contributed by atoms with Crippen LogP contribution in [0.3, 0.4) is 0 Å². The fourth-order valence-corrected chi connectivity index (χ4v) is 2.31. The van der Waals surface area contributed by atoms with Crippen LogP contribution in [0.25, 0.3) is 0 Å². The number of rotatable bonds is 2. The van der Waals surface area contributed by atoms with Crippen LogP contribution in [0.4, 0.5) is 5.69 Å². The molecular weight excluding hydrogens is 272 g/mol. The first-order chi connectivity index (χ1) is 9.78. The van der Waals surface area contributed by atoms with Gasteiger partial charge in [-0.2, -0.15) is 5.11 Å². The molecule has 1 heterocycles. The Morgan fingerprint density at radius 2 is 2.00 bits per heavy atom. The first-order valence-electron chi connectivity index (χ1n) is 6.06. The molecule has 0 spiro atoms. The Morgan fingerprint density at radius 3 is 2.80 bits per heavy atom. The molecule has 0 saturated carbocycles. The molecule has 0 atom stereocenters. The fraction of sp³-hybridized carbons (Fsp3) is 0. The van der Waals surface area contributed by atoms with Crippen LogP contribution in [0, 0.1) is 5.53 Å². The number of fused-ring (bicyclic) bond motifs is 1. The average Bonchev–Trinajstić information content (AvgIpc) is 2.47. The van der Waals surface area contributed by atoms with Crippen molar-refractivity contribution in [2.45, 2.75) is 0 Å². The summed E-state index contributed by atoms with van der Waals surface area (Å²) in [5.74, 6) is 0.536. The molecule has 0 aromatic heterocycles. The fourth-order valence-electron chi connectivity index (χ4n) is 2.12. The van der Waals surface area contributed by atoms with E-state index in [2.05, 4.69) is 15.4 Å². The summed E-state index contributed by atoms with van der Waals surface area (Å²) in [5.41, 5.74) is 10.6. The molecule has 98 valence electrons. The van der Waals surface area contributed by atoms with Gasteiger partial charge in [-0.05, 0) is 18.2 Å². The summed E-state index contributed by atoms with van der Waals surface area (Å²) >= 11 is 6.05. The molecule has 0 saturated heterocycles. The minimum atomic E-state index is 0.536. The molecule has 3 rings (SSSR count). The van der Waals surface area contributed by atoms with Gasteiger partial charge in [-0.1, -0.05) is 41.9 Å². The second-order valence-corrected chi connectivity index (χ2v) is 4.72. The van der Waals surface area contributed by atoms with E-state index in [0.29, 0.717) is 10.8 Å². The largest absolute Gasteiger partial charge is 0.338 e. The van der Waals surface area contributed by atoms with E-state index < -0.39 is 0 Å². The number of benzene rings is 2. The zero-order valence-corrected chi connectivity index (χ0v) is 11.2. The van der Waals surface area contributed by atoms with Gasteiger partial charge in [-0.25, -0.2) is 10.5 Å². The van der Waals surface area contributed by atoms with Gasteiger partial charge in [0.05, 0.1) is 11.9 Å². The van der Waals surface area contributed by atoms with Crippen LogP contribution >= 0.6 is 11.6 Å². The number of halogens is 1. The number of hydrogen-bond donors (Lipinski definition) is 2. The predicted molar refractivity (Wildman–Crippen MR) is 80.4 cm³/mol. The van der Waals surface area contributed by atoms with E-state index in [9.17, 15) is 0 Å². The average molecular weight is 283 g/mol. The number of anilines is 1. The summed E-state index contributed by atoms with van der Waals surface area (Å²) in [6, 6.07) is 15.4. The molecule has 2 aromatic carbocycles. The minimum absolute atomic E-state index is 0.536. The lowest BCUT2D eigenvalue weighted by Gasteiger charge is -2.20. The molecule has 1 aliphatic heterocycles.